The second kappa shape index (κ2) is 6.46. The van der Waals surface area contributed by atoms with E-state index in [1.165, 1.54) is 0 Å². The Balaban J connectivity index is 1.96. The number of halogens is 1. The zero-order valence-electron chi connectivity index (χ0n) is 12.1. The standard InChI is InChI=1S/C15H21ClN2O2/c1-10-13(16)5-4-6-14(10)20-9-15(19)18-8-7-17-11(2)12(18)3/h4-6,11-12,17H,7-9H2,1-3H3. The monoisotopic (exact) mass is 296 g/mol. The van der Waals surface area contributed by atoms with Gasteiger partial charge in [-0.15, -0.1) is 0 Å². The molecule has 1 heterocycles. The van der Waals surface area contributed by atoms with Crippen LogP contribution >= 0.6 is 11.6 Å². The molecule has 2 rings (SSSR count). The molecule has 1 aliphatic rings. The van der Waals surface area contributed by atoms with Crippen LogP contribution < -0.4 is 10.1 Å². The van der Waals surface area contributed by atoms with E-state index in [1.54, 1.807) is 0 Å². The fraction of sp³-hybridized carbons (Fsp3) is 0.533. The van der Waals surface area contributed by atoms with Crippen LogP contribution in [0, 0.1) is 6.92 Å². The minimum absolute atomic E-state index is 0.0187. The van der Waals surface area contributed by atoms with Crippen LogP contribution in [0.25, 0.3) is 0 Å². The van der Waals surface area contributed by atoms with E-state index in [1.807, 2.05) is 30.0 Å². The number of nitrogens with one attached hydrogen (secondary N) is 1. The molecule has 0 bridgehead atoms. The first-order chi connectivity index (χ1) is 9.50. The Bertz CT molecular complexity index is 493. The van der Waals surface area contributed by atoms with E-state index >= 15 is 0 Å². The first-order valence-corrected chi connectivity index (χ1v) is 7.29. The quantitative estimate of drug-likeness (QED) is 0.930. The third-order valence-electron chi connectivity index (χ3n) is 3.92. The topological polar surface area (TPSA) is 41.6 Å². The number of benzene rings is 1. The maximum Gasteiger partial charge on any atom is 0.260 e. The summed E-state index contributed by atoms with van der Waals surface area (Å²) in [6.45, 7) is 7.64. The molecule has 1 amide bonds. The second-order valence-corrected chi connectivity index (χ2v) is 5.63. The minimum Gasteiger partial charge on any atom is -0.483 e. The number of rotatable bonds is 3. The van der Waals surface area contributed by atoms with Gasteiger partial charge >= 0.3 is 0 Å². The first-order valence-electron chi connectivity index (χ1n) is 6.91. The van der Waals surface area contributed by atoms with Gasteiger partial charge in [-0.25, -0.2) is 0 Å². The molecule has 0 aliphatic carbocycles. The van der Waals surface area contributed by atoms with Gasteiger partial charge < -0.3 is 15.0 Å². The summed E-state index contributed by atoms with van der Waals surface area (Å²) in [7, 11) is 0. The molecule has 110 valence electrons. The molecule has 20 heavy (non-hydrogen) atoms. The highest BCUT2D eigenvalue weighted by atomic mass is 35.5. The van der Waals surface area contributed by atoms with Gasteiger partial charge in [0.05, 0.1) is 0 Å². The number of carbonyl (C=O) groups is 1. The van der Waals surface area contributed by atoms with Crippen LogP contribution in [-0.4, -0.2) is 42.6 Å². The van der Waals surface area contributed by atoms with E-state index in [0.29, 0.717) is 16.8 Å². The van der Waals surface area contributed by atoms with Crippen LogP contribution in [0.15, 0.2) is 18.2 Å². The number of piperazine rings is 1. The van der Waals surface area contributed by atoms with Crippen LogP contribution in [0.4, 0.5) is 0 Å². The van der Waals surface area contributed by atoms with Crippen molar-refractivity contribution >= 4 is 17.5 Å². The highest BCUT2D eigenvalue weighted by Gasteiger charge is 2.28. The zero-order chi connectivity index (χ0) is 14.7. The molecule has 1 aromatic carbocycles. The Morgan fingerprint density at radius 2 is 2.25 bits per heavy atom. The summed E-state index contributed by atoms with van der Waals surface area (Å²) >= 11 is 6.04. The molecular weight excluding hydrogens is 276 g/mol. The van der Waals surface area contributed by atoms with Crippen molar-refractivity contribution in [1.82, 2.24) is 10.2 Å². The first kappa shape index (κ1) is 15.1. The summed E-state index contributed by atoms with van der Waals surface area (Å²) < 4.78 is 5.62. The average Bonchev–Trinajstić information content (AvgIpc) is 2.43. The SMILES string of the molecule is Cc1c(Cl)cccc1OCC(=O)N1CCNC(C)C1C. The lowest BCUT2D eigenvalue weighted by Gasteiger charge is -2.38. The van der Waals surface area contributed by atoms with E-state index in [9.17, 15) is 4.79 Å². The maximum absolute atomic E-state index is 12.3. The third-order valence-corrected chi connectivity index (χ3v) is 4.33. The fourth-order valence-corrected chi connectivity index (χ4v) is 2.54. The van der Waals surface area contributed by atoms with E-state index in [-0.39, 0.29) is 18.6 Å². The van der Waals surface area contributed by atoms with Crippen molar-refractivity contribution in [2.75, 3.05) is 19.7 Å². The molecule has 1 saturated heterocycles. The Morgan fingerprint density at radius 1 is 1.50 bits per heavy atom. The third kappa shape index (κ3) is 3.25. The molecule has 0 spiro atoms. The normalized spacial score (nSPS) is 22.7. The maximum atomic E-state index is 12.3. The van der Waals surface area contributed by atoms with Gasteiger partial charge in [0, 0.05) is 35.8 Å². The van der Waals surface area contributed by atoms with Gasteiger partial charge in [0.1, 0.15) is 5.75 Å². The number of hydrogen-bond acceptors (Lipinski definition) is 3. The van der Waals surface area contributed by atoms with Crippen molar-refractivity contribution in [3.8, 4) is 5.75 Å². The summed E-state index contributed by atoms with van der Waals surface area (Å²) in [6.07, 6.45) is 0. The highest BCUT2D eigenvalue weighted by molar-refractivity contribution is 6.31. The van der Waals surface area contributed by atoms with Crippen molar-refractivity contribution in [2.24, 2.45) is 0 Å². The smallest absolute Gasteiger partial charge is 0.260 e. The lowest BCUT2D eigenvalue weighted by molar-refractivity contribution is -0.137. The molecule has 1 N–H and O–H groups in total. The van der Waals surface area contributed by atoms with Crippen molar-refractivity contribution in [3.63, 3.8) is 0 Å². The molecule has 1 fully saturated rings. The van der Waals surface area contributed by atoms with Crippen LogP contribution in [0.3, 0.4) is 0 Å². The Labute approximate surface area is 125 Å². The summed E-state index contributed by atoms with van der Waals surface area (Å²) in [4.78, 5) is 14.1. The molecule has 2 atom stereocenters. The molecule has 5 heteroatoms. The second-order valence-electron chi connectivity index (χ2n) is 5.22. The largest absolute Gasteiger partial charge is 0.483 e. The van der Waals surface area contributed by atoms with Gasteiger partial charge in [-0.05, 0) is 32.9 Å². The van der Waals surface area contributed by atoms with Gasteiger partial charge in [0.15, 0.2) is 6.61 Å². The molecule has 0 radical (unpaired) electrons. The van der Waals surface area contributed by atoms with Gasteiger partial charge in [-0.2, -0.15) is 0 Å². The van der Waals surface area contributed by atoms with Crippen molar-refractivity contribution in [3.05, 3.63) is 28.8 Å². The Morgan fingerprint density at radius 3 is 3.00 bits per heavy atom. The summed E-state index contributed by atoms with van der Waals surface area (Å²) in [5, 5.41) is 4.01. The van der Waals surface area contributed by atoms with E-state index in [4.69, 9.17) is 16.3 Å². The molecule has 0 aromatic heterocycles. The fourth-order valence-electron chi connectivity index (χ4n) is 2.38. The number of amides is 1. The molecule has 1 aliphatic heterocycles. The molecule has 0 saturated carbocycles. The average molecular weight is 297 g/mol. The number of nitrogens with zero attached hydrogens (tertiary/aromatic N) is 1. The van der Waals surface area contributed by atoms with E-state index < -0.39 is 0 Å². The van der Waals surface area contributed by atoms with Crippen LogP contribution in [0.5, 0.6) is 5.75 Å². The van der Waals surface area contributed by atoms with Gasteiger partial charge in [0.2, 0.25) is 0 Å². The summed E-state index contributed by atoms with van der Waals surface area (Å²) in [6, 6.07) is 5.95. The molecular formula is C15H21ClN2O2. The lowest BCUT2D eigenvalue weighted by Crippen LogP contribution is -2.58. The predicted molar refractivity (Wildman–Crippen MR) is 80.3 cm³/mol. The van der Waals surface area contributed by atoms with Gasteiger partial charge in [-0.1, -0.05) is 17.7 Å². The highest BCUT2D eigenvalue weighted by Crippen LogP contribution is 2.25. The lowest BCUT2D eigenvalue weighted by atomic mass is 10.1. The number of ether oxygens (including phenoxy) is 1. The van der Waals surface area contributed by atoms with Crippen molar-refractivity contribution in [2.45, 2.75) is 32.9 Å². The van der Waals surface area contributed by atoms with Crippen molar-refractivity contribution in [1.29, 1.82) is 0 Å². The number of carbonyl (C=O) groups excluding carboxylic acids is 1. The van der Waals surface area contributed by atoms with Gasteiger partial charge in [0.25, 0.3) is 5.91 Å². The van der Waals surface area contributed by atoms with Crippen molar-refractivity contribution < 1.29 is 9.53 Å². The molecule has 1 aromatic rings. The van der Waals surface area contributed by atoms with E-state index in [2.05, 4.69) is 19.2 Å². The van der Waals surface area contributed by atoms with Crippen LogP contribution in [0.1, 0.15) is 19.4 Å². The van der Waals surface area contributed by atoms with Gasteiger partial charge in [-0.3, -0.25) is 4.79 Å². The molecule has 2 unspecified atom stereocenters. The minimum atomic E-state index is 0.0187. The zero-order valence-corrected chi connectivity index (χ0v) is 12.9. The van der Waals surface area contributed by atoms with E-state index in [0.717, 1.165) is 18.7 Å². The summed E-state index contributed by atoms with van der Waals surface area (Å²) in [5.41, 5.74) is 0.865. The Kier molecular flexibility index (Phi) is 4.89. The predicted octanol–water partition coefficient (Wildman–Crippen LogP) is 2.24. The molecule has 4 nitrogen and oxygen atoms in total. The van der Waals surface area contributed by atoms with Crippen LogP contribution in [-0.2, 0) is 4.79 Å². The number of hydrogen-bond donors (Lipinski definition) is 1. The van der Waals surface area contributed by atoms with Crippen LogP contribution in [0.2, 0.25) is 5.02 Å². The summed E-state index contributed by atoms with van der Waals surface area (Å²) in [5.74, 6) is 0.687. The Hall–Kier alpha value is -1.26.